The predicted molar refractivity (Wildman–Crippen MR) is 88.4 cm³/mol. The molecule has 1 amide bonds. The summed E-state index contributed by atoms with van der Waals surface area (Å²) < 4.78 is 36.7. The number of sulfone groups is 1. The van der Waals surface area contributed by atoms with Crippen molar-refractivity contribution in [1.29, 1.82) is 0 Å². The lowest BCUT2D eigenvalue weighted by Gasteiger charge is -2.36. The van der Waals surface area contributed by atoms with Crippen molar-refractivity contribution in [3.05, 3.63) is 35.6 Å². The number of nitrogens with zero attached hydrogens (tertiary/aromatic N) is 1. The molecular formula is C17H24FNO3S. The van der Waals surface area contributed by atoms with Gasteiger partial charge in [-0.2, -0.15) is 0 Å². The van der Waals surface area contributed by atoms with Gasteiger partial charge in [-0.25, -0.2) is 12.8 Å². The summed E-state index contributed by atoms with van der Waals surface area (Å²) in [6.07, 6.45) is 1.78. The van der Waals surface area contributed by atoms with Gasteiger partial charge in [0.2, 0.25) is 5.91 Å². The zero-order valence-electron chi connectivity index (χ0n) is 14.0. The molecule has 0 bridgehead atoms. The summed E-state index contributed by atoms with van der Waals surface area (Å²) >= 11 is 0. The Balaban J connectivity index is 2.12. The first-order chi connectivity index (χ1) is 10.5. The monoisotopic (exact) mass is 341 g/mol. The topological polar surface area (TPSA) is 54.5 Å². The van der Waals surface area contributed by atoms with Gasteiger partial charge in [-0.1, -0.05) is 18.2 Å². The normalized spacial score (nSPS) is 21.1. The highest BCUT2D eigenvalue weighted by atomic mass is 32.2. The van der Waals surface area contributed by atoms with Crippen LogP contribution in [-0.2, 0) is 14.6 Å². The fourth-order valence-corrected chi connectivity index (χ4v) is 3.34. The molecule has 1 aliphatic rings. The van der Waals surface area contributed by atoms with Gasteiger partial charge in [-0.3, -0.25) is 4.79 Å². The zero-order valence-corrected chi connectivity index (χ0v) is 14.9. The summed E-state index contributed by atoms with van der Waals surface area (Å²) in [6, 6.07) is 6.51. The maximum Gasteiger partial charge on any atom is 0.226 e. The standard InChI is InChI=1S/C17H24FNO3S/c1-17(2,3)19(9-10-23(4,21)22)16(20)14-11-13(14)12-7-5-6-8-15(12)18/h5-8,13-14H,9-11H2,1-4H3. The van der Waals surface area contributed by atoms with E-state index in [1.54, 1.807) is 23.1 Å². The predicted octanol–water partition coefficient (Wildman–Crippen LogP) is 2.60. The number of carbonyl (C=O) groups excluding carboxylic acids is 1. The van der Waals surface area contributed by atoms with Crippen LogP contribution in [0.4, 0.5) is 4.39 Å². The highest BCUT2D eigenvalue weighted by Gasteiger charge is 2.48. The molecule has 4 nitrogen and oxygen atoms in total. The average molecular weight is 341 g/mol. The largest absolute Gasteiger partial charge is 0.337 e. The number of amides is 1. The van der Waals surface area contributed by atoms with Crippen molar-refractivity contribution >= 4 is 15.7 Å². The molecule has 0 spiro atoms. The summed E-state index contributed by atoms with van der Waals surface area (Å²) in [5, 5.41) is 0. The molecule has 1 fully saturated rings. The Morgan fingerprint density at radius 2 is 1.91 bits per heavy atom. The van der Waals surface area contributed by atoms with Crippen molar-refractivity contribution in [3.8, 4) is 0 Å². The molecule has 0 aliphatic heterocycles. The minimum Gasteiger partial charge on any atom is -0.337 e. The first kappa shape index (κ1) is 17.9. The van der Waals surface area contributed by atoms with Crippen molar-refractivity contribution < 1.29 is 17.6 Å². The molecule has 1 aromatic rings. The van der Waals surface area contributed by atoms with Gasteiger partial charge >= 0.3 is 0 Å². The molecule has 0 heterocycles. The third kappa shape index (κ3) is 4.53. The molecule has 0 radical (unpaired) electrons. The van der Waals surface area contributed by atoms with E-state index in [9.17, 15) is 17.6 Å². The quantitative estimate of drug-likeness (QED) is 0.827. The fourth-order valence-electron chi connectivity index (χ4n) is 2.82. The summed E-state index contributed by atoms with van der Waals surface area (Å²) in [5.41, 5.74) is 0.104. The number of benzene rings is 1. The van der Waals surface area contributed by atoms with Crippen LogP contribution >= 0.6 is 0 Å². The van der Waals surface area contributed by atoms with E-state index < -0.39 is 15.4 Å². The van der Waals surface area contributed by atoms with Gasteiger partial charge in [-0.15, -0.1) is 0 Å². The molecule has 0 aromatic heterocycles. The van der Waals surface area contributed by atoms with Gasteiger partial charge in [0, 0.05) is 24.3 Å². The van der Waals surface area contributed by atoms with Crippen LogP contribution in [0.15, 0.2) is 24.3 Å². The van der Waals surface area contributed by atoms with Crippen LogP contribution in [0, 0.1) is 11.7 Å². The lowest BCUT2D eigenvalue weighted by molar-refractivity contribution is -0.137. The minimum absolute atomic E-state index is 0.0624. The number of carbonyl (C=O) groups is 1. The Bertz CT molecular complexity index is 694. The second kappa shape index (κ2) is 6.23. The van der Waals surface area contributed by atoms with Crippen LogP contribution in [0.25, 0.3) is 0 Å². The van der Waals surface area contributed by atoms with Crippen LogP contribution in [0.3, 0.4) is 0 Å². The number of rotatable bonds is 5. The van der Waals surface area contributed by atoms with E-state index in [4.69, 9.17) is 0 Å². The molecule has 0 saturated heterocycles. The number of hydrogen-bond acceptors (Lipinski definition) is 3. The zero-order chi connectivity index (χ0) is 17.4. The first-order valence-corrected chi connectivity index (χ1v) is 9.80. The lowest BCUT2D eigenvalue weighted by atomic mass is 10.0. The molecule has 2 atom stereocenters. The number of halogens is 1. The van der Waals surface area contributed by atoms with E-state index >= 15 is 0 Å². The third-order valence-electron chi connectivity index (χ3n) is 4.17. The Morgan fingerprint density at radius 3 is 2.43 bits per heavy atom. The molecule has 6 heteroatoms. The van der Waals surface area contributed by atoms with Gasteiger partial charge in [-0.05, 0) is 44.7 Å². The molecule has 1 aromatic carbocycles. The van der Waals surface area contributed by atoms with E-state index in [0.29, 0.717) is 12.0 Å². The average Bonchev–Trinajstić information content (AvgIpc) is 3.16. The van der Waals surface area contributed by atoms with Gasteiger partial charge in [0.05, 0.1) is 5.75 Å². The van der Waals surface area contributed by atoms with Crippen molar-refractivity contribution in [3.63, 3.8) is 0 Å². The lowest BCUT2D eigenvalue weighted by Crippen LogP contribution is -2.48. The van der Waals surface area contributed by atoms with E-state index in [1.807, 2.05) is 20.8 Å². The highest BCUT2D eigenvalue weighted by Crippen LogP contribution is 2.49. The Kier molecular flexibility index (Phi) is 4.85. The van der Waals surface area contributed by atoms with E-state index in [0.717, 1.165) is 6.26 Å². The van der Waals surface area contributed by atoms with E-state index in [-0.39, 0.29) is 35.9 Å². The van der Waals surface area contributed by atoms with Crippen LogP contribution in [0.1, 0.15) is 38.7 Å². The van der Waals surface area contributed by atoms with Gasteiger partial charge in [0.25, 0.3) is 0 Å². The smallest absolute Gasteiger partial charge is 0.226 e. The molecule has 128 valence electrons. The molecule has 1 aliphatic carbocycles. The molecule has 23 heavy (non-hydrogen) atoms. The molecule has 2 unspecified atom stereocenters. The SMILES string of the molecule is CC(C)(C)N(CCS(C)(=O)=O)C(=O)C1CC1c1ccccc1F. The molecular weight excluding hydrogens is 317 g/mol. The maximum absolute atomic E-state index is 13.9. The van der Waals surface area contributed by atoms with Crippen LogP contribution in [-0.4, -0.2) is 43.3 Å². The summed E-state index contributed by atoms with van der Waals surface area (Å²) in [4.78, 5) is 14.4. The van der Waals surface area contributed by atoms with Crippen molar-refractivity contribution in [2.75, 3.05) is 18.6 Å². The molecule has 1 saturated carbocycles. The van der Waals surface area contributed by atoms with Crippen molar-refractivity contribution in [1.82, 2.24) is 4.90 Å². The molecule has 2 rings (SSSR count). The van der Waals surface area contributed by atoms with Crippen molar-refractivity contribution in [2.45, 2.75) is 38.6 Å². The fraction of sp³-hybridized carbons (Fsp3) is 0.588. The van der Waals surface area contributed by atoms with Crippen LogP contribution in [0.5, 0.6) is 0 Å². The maximum atomic E-state index is 13.9. The van der Waals surface area contributed by atoms with E-state index in [1.165, 1.54) is 6.07 Å². The summed E-state index contributed by atoms with van der Waals surface area (Å²) in [7, 11) is -3.14. The highest BCUT2D eigenvalue weighted by molar-refractivity contribution is 7.90. The summed E-state index contributed by atoms with van der Waals surface area (Å²) in [5.74, 6) is -0.800. The Hall–Kier alpha value is -1.43. The third-order valence-corrected chi connectivity index (χ3v) is 5.10. The van der Waals surface area contributed by atoms with Crippen LogP contribution < -0.4 is 0 Å². The Morgan fingerprint density at radius 1 is 1.30 bits per heavy atom. The second-order valence-corrected chi connectivity index (χ2v) is 9.52. The summed E-state index contributed by atoms with van der Waals surface area (Å²) in [6.45, 7) is 5.82. The number of hydrogen-bond donors (Lipinski definition) is 0. The minimum atomic E-state index is -3.14. The van der Waals surface area contributed by atoms with Gasteiger partial charge in [0.15, 0.2) is 0 Å². The second-order valence-electron chi connectivity index (χ2n) is 7.26. The van der Waals surface area contributed by atoms with Gasteiger partial charge in [0.1, 0.15) is 15.7 Å². The van der Waals surface area contributed by atoms with Crippen LogP contribution in [0.2, 0.25) is 0 Å². The first-order valence-electron chi connectivity index (χ1n) is 7.74. The van der Waals surface area contributed by atoms with Gasteiger partial charge < -0.3 is 4.90 Å². The van der Waals surface area contributed by atoms with Crippen molar-refractivity contribution in [2.24, 2.45) is 5.92 Å². The molecule has 0 N–H and O–H groups in total. The van der Waals surface area contributed by atoms with E-state index in [2.05, 4.69) is 0 Å². The Labute approximate surface area is 137 Å².